The largest absolute Gasteiger partial charge is 0.508 e. The van der Waals surface area contributed by atoms with Crippen molar-refractivity contribution in [2.75, 3.05) is 0 Å². The molecular formula is C21H28O2. The topological polar surface area (TPSA) is 40.5 Å². The summed E-state index contributed by atoms with van der Waals surface area (Å²) in [4.78, 5) is 0. The summed E-state index contributed by atoms with van der Waals surface area (Å²) in [5, 5.41) is 19.1. The minimum atomic E-state index is 0.322. The second kappa shape index (κ2) is 8.05. The van der Waals surface area contributed by atoms with Gasteiger partial charge in [-0.05, 0) is 66.0 Å². The van der Waals surface area contributed by atoms with Gasteiger partial charge in [0.15, 0.2) is 0 Å². The molecule has 0 aliphatic heterocycles. The monoisotopic (exact) mass is 312 g/mol. The lowest BCUT2D eigenvalue weighted by molar-refractivity contribution is 0.324. The van der Waals surface area contributed by atoms with Crippen LogP contribution in [-0.2, 0) is 0 Å². The van der Waals surface area contributed by atoms with Crippen molar-refractivity contribution in [3.05, 3.63) is 59.7 Å². The number of hydrogen-bond acceptors (Lipinski definition) is 2. The molecule has 0 saturated heterocycles. The second-order valence-corrected chi connectivity index (χ2v) is 6.28. The summed E-state index contributed by atoms with van der Waals surface area (Å²) in [7, 11) is 0. The van der Waals surface area contributed by atoms with Gasteiger partial charge in [-0.15, -0.1) is 0 Å². The third-order valence-electron chi connectivity index (χ3n) is 5.03. The van der Waals surface area contributed by atoms with Gasteiger partial charge in [-0.1, -0.05) is 51.5 Å². The van der Waals surface area contributed by atoms with E-state index in [1.807, 2.05) is 0 Å². The normalized spacial score (nSPS) is 15.1. The van der Waals surface area contributed by atoms with Crippen LogP contribution in [0.1, 0.15) is 63.0 Å². The van der Waals surface area contributed by atoms with Gasteiger partial charge in [0.25, 0.3) is 0 Å². The van der Waals surface area contributed by atoms with Crippen molar-refractivity contribution >= 4 is 0 Å². The molecule has 23 heavy (non-hydrogen) atoms. The standard InChI is InChI=1S/C21H28O2/c1-4-19(15-7-11-17(22)12-8-15)21(6-3)20(5-2)16-9-13-18(23)14-10-16/h7-14,19-23H,4-6H2,1-3H3. The summed E-state index contributed by atoms with van der Waals surface area (Å²) in [6, 6.07) is 15.3. The Bertz CT molecular complexity index is 533. The molecule has 0 radical (unpaired) electrons. The highest BCUT2D eigenvalue weighted by Crippen LogP contribution is 2.42. The lowest BCUT2D eigenvalue weighted by Crippen LogP contribution is -2.20. The molecule has 0 amide bonds. The summed E-state index contributed by atoms with van der Waals surface area (Å²) >= 11 is 0. The summed E-state index contributed by atoms with van der Waals surface area (Å²) in [6.07, 6.45) is 3.27. The van der Waals surface area contributed by atoms with E-state index in [1.54, 1.807) is 24.3 Å². The fourth-order valence-electron chi connectivity index (χ4n) is 3.86. The molecule has 0 aromatic heterocycles. The zero-order valence-electron chi connectivity index (χ0n) is 14.4. The number of aromatic hydroxyl groups is 2. The Labute approximate surface area is 139 Å². The van der Waals surface area contributed by atoms with Gasteiger partial charge in [0.2, 0.25) is 0 Å². The molecule has 2 nitrogen and oxygen atoms in total. The Morgan fingerprint density at radius 3 is 1.22 bits per heavy atom. The predicted molar refractivity (Wildman–Crippen MR) is 96.1 cm³/mol. The average molecular weight is 312 g/mol. The van der Waals surface area contributed by atoms with E-state index in [0.717, 1.165) is 19.3 Å². The van der Waals surface area contributed by atoms with E-state index in [4.69, 9.17) is 0 Å². The van der Waals surface area contributed by atoms with E-state index >= 15 is 0 Å². The first-order chi connectivity index (χ1) is 11.1. The molecule has 2 N–H and O–H groups in total. The molecule has 0 aliphatic carbocycles. The minimum absolute atomic E-state index is 0.322. The number of rotatable bonds is 7. The van der Waals surface area contributed by atoms with Crippen LogP contribution in [0.5, 0.6) is 11.5 Å². The fourth-order valence-corrected chi connectivity index (χ4v) is 3.86. The number of phenolic OH excluding ortho intramolecular Hbond substituents is 2. The Morgan fingerprint density at radius 1 is 0.609 bits per heavy atom. The molecule has 124 valence electrons. The summed E-state index contributed by atoms with van der Waals surface area (Å²) in [6.45, 7) is 6.74. The molecule has 0 fully saturated rings. The molecule has 2 aromatic rings. The molecule has 0 heterocycles. The molecule has 2 heteroatoms. The third kappa shape index (κ3) is 4.07. The summed E-state index contributed by atoms with van der Waals surface area (Å²) in [5.41, 5.74) is 2.60. The van der Waals surface area contributed by atoms with Crippen molar-refractivity contribution < 1.29 is 10.2 Å². The first-order valence-electron chi connectivity index (χ1n) is 8.68. The quantitative estimate of drug-likeness (QED) is 0.677. The molecular weight excluding hydrogens is 284 g/mol. The minimum Gasteiger partial charge on any atom is -0.508 e. The van der Waals surface area contributed by atoms with Crippen molar-refractivity contribution in [3.63, 3.8) is 0 Å². The maximum absolute atomic E-state index is 9.54. The Kier molecular flexibility index (Phi) is 6.09. The van der Waals surface area contributed by atoms with Gasteiger partial charge in [-0.3, -0.25) is 0 Å². The van der Waals surface area contributed by atoms with Crippen LogP contribution in [0.25, 0.3) is 0 Å². The summed E-state index contributed by atoms with van der Waals surface area (Å²) in [5.74, 6) is 2.13. The molecule has 2 aromatic carbocycles. The lowest BCUT2D eigenvalue weighted by Gasteiger charge is -2.33. The number of phenols is 2. The highest BCUT2D eigenvalue weighted by Gasteiger charge is 2.28. The van der Waals surface area contributed by atoms with E-state index in [9.17, 15) is 10.2 Å². The third-order valence-corrected chi connectivity index (χ3v) is 5.03. The Morgan fingerprint density at radius 2 is 0.957 bits per heavy atom. The van der Waals surface area contributed by atoms with Gasteiger partial charge < -0.3 is 10.2 Å². The van der Waals surface area contributed by atoms with Gasteiger partial charge in [0, 0.05) is 0 Å². The molecule has 0 bridgehead atoms. The lowest BCUT2D eigenvalue weighted by atomic mass is 9.71. The van der Waals surface area contributed by atoms with Gasteiger partial charge >= 0.3 is 0 Å². The van der Waals surface area contributed by atoms with Gasteiger partial charge in [0.1, 0.15) is 11.5 Å². The van der Waals surface area contributed by atoms with Crippen molar-refractivity contribution in [2.24, 2.45) is 5.92 Å². The number of benzene rings is 2. The first-order valence-corrected chi connectivity index (χ1v) is 8.68. The van der Waals surface area contributed by atoms with Crippen LogP contribution in [0.15, 0.2) is 48.5 Å². The Hall–Kier alpha value is -1.96. The first kappa shape index (κ1) is 17.4. The average Bonchev–Trinajstić information content (AvgIpc) is 2.57. The molecule has 0 spiro atoms. The smallest absolute Gasteiger partial charge is 0.115 e. The maximum Gasteiger partial charge on any atom is 0.115 e. The fraction of sp³-hybridized carbons (Fsp3) is 0.429. The van der Waals surface area contributed by atoms with E-state index in [1.165, 1.54) is 11.1 Å². The van der Waals surface area contributed by atoms with E-state index in [0.29, 0.717) is 29.3 Å². The van der Waals surface area contributed by atoms with Crippen LogP contribution in [0.4, 0.5) is 0 Å². The van der Waals surface area contributed by atoms with Crippen molar-refractivity contribution in [3.8, 4) is 11.5 Å². The van der Waals surface area contributed by atoms with Crippen molar-refractivity contribution in [1.29, 1.82) is 0 Å². The zero-order valence-corrected chi connectivity index (χ0v) is 14.4. The highest BCUT2D eigenvalue weighted by molar-refractivity contribution is 5.32. The predicted octanol–water partition coefficient (Wildman–Crippen LogP) is 5.81. The van der Waals surface area contributed by atoms with Crippen molar-refractivity contribution in [1.82, 2.24) is 0 Å². The zero-order chi connectivity index (χ0) is 16.8. The molecule has 0 saturated carbocycles. The van der Waals surface area contributed by atoms with Gasteiger partial charge in [-0.25, -0.2) is 0 Å². The van der Waals surface area contributed by atoms with Crippen molar-refractivity contribution in [2.45, 2.75) is 51.9 Å². The van der Waals surface area contributed by atoms with E-state index < -0.39 is 0 Å². The Balaban J connectivity index is 2.33. The molecule has 2 unspecified atom stereocenters. The van der Waals surface area contributed by atoms with E-state index in [-0.39, 0.29) is 0 Å². The van der Waals surface area contributed by atoms with E-state index in [2.05, 4.69) is 45.0 Å². The molecule has 2 atom stereocenters. The van der Waals surface area contributed by atoms with Crippen LogP contribution in [0.2, 0.25) is 0 Å². The second-order valence-electron chi connectivity index (χ2n) is 6.28. The SMILES string of the molecule is CCC(c1ccc(O)cc1)C(CC)C(CC)c1ccc(O)cc1. The van der Waals surface area contributed by atoms with Gasteiger partial charge in [-0.2, -0.15) is 0 Å². The summed E-state index contributed by atoms with van der Waals surface area (Å²) < 4.78 is 0. The van der Waals surface area contributed by atoms with Crippen LogP contribution < -0.4 is 0 Å². The highest BCUT2D eigenvalue weighted by atomic mass is 16.3. The maximum atomic E-state index is 9.54. The number of hydrogen-bond donors (Lipinski definition) is 2. The van der Waals surface area contributed by atoms with Crippen LogP contribution in [0.3, 0.4) is 0 Å². The van der Waals surface area contributed by atoms with Gasteiger partial charge in [0.05, 0.1) is 0 Å². The molecule has 2 rings (SSSR count). The van der Waals surface area contributed by atoms with Crippen LogP contribution in [-0.4, -0.2) is 10.2 Å². The molecule has 0 aliphatic rings. The van der Waals surface area contributed by atoms with Crippen LogP contribution in [0, 0.1) is 5.92 Å². The van der Waals surface area contributed by atoms with Crippen LogP contribution >= 0.6 is 0 Å².